The fraction of sp³-hybridized carbons (Fsp3) is 0.435. The van der Waals surface area contributed by atoms with Crippen LogP contribution in [0.3, 0.4) is 0 Å². The van der Waals surface area contributed by atoms with Crippen LogP contribution in [0.5, 0.6) is 0 Å². The van der Waals surface area contributed by atoms with Crippen LogP contribution in [0.25, 0.3) is 10.9 Å². The number of Topliss-reactive ketones (excluding diaryl/α,β-unsaturated/α-hetero) is 1. The molecule has 20 heteroatoms. The van der Waals surface area contributed by atoms with Gasteiger partial charge in [-0.15, -0.1) is 0 Å². The maximum Gasteiger partial charge on any atom is 0.243 e. The van der Waals surface area contributed by atoms with Gasteiger partial charge in [-0.2, -0.15) is 0 Å². The zero-order valence-corrected chi connectivity index (χ0v) is 37.2. The number of nitrogens with zero attached hydrogens (tertiary/aromatic N) is 2. The second-order valence-electron chi connectivity index (χ2n) is 16.4. The predicted octanol–water partition coefficient (Wildman–Crippen LogP) is -0.0369. The summed E-state index contributed by atoms with van der Waals surface area (Å²) in [6, 6.07) is 8.74. The number of H-pyrrole nitrogens is 1. The molecule has 2 aromatic carbocycles. The van der Waals surface area contributed by atoms with Crippen molar-refractivity contribution >= 4 is 70.2 Å². The van der Waals surface area contributed by atoms with E-state index in [0.717, 1.165) is 10.9 Å². The van der Waals surface area contributed by atoms with Gasteiger partial charge < -0.3 is 53.7 Å². The van der Waals surface area contributed by atoms with E-state index in [-0.39, 0.29) is 57.6 Å². The molecule has 7 amide bonds. The second kappa shape index (κ2) is 24.6. The second-order valence-corrected chi connectivity index (χ2v) is 16.4. The van der Waals surface area contributed by atoms with Crippen LogP contribution in [-0.4, -0.2) is 114 Å². The number of nitrogens with two attached hydrogens (primary N) is 2. The average molecular weight is 909 g/mol. The lowest BCUT2D eigenvalue weighted by Gasteiger charge is -2.27. The minimum Gasteiger partial charge on any atom is -0.370 e. The molecule has 2 aliphatic rings. The molecule has 2 aliphatic heterocycles. The molecule has 0 saturated carbocycles. The number of hydrogen-bond donors (Lipinski definition) is 10. The third-order valence-corrected chi connectivity index (χ3v) is 11.1. The van der Waals surface area contributed by atoms with Crippen LogP contribution in [0.2, 0.25) is 0 Å². The fourth-order valence-electron chi connectivity index (χ4n) is 7.66. The largest absolute Gasteiger partial charge is 0.370 e. The van der Waals surface area contributed by atoms with Crippen LogP contribution >= 0.6 is 0 Å². The summed E-state index contributed by atoms with van der Waals surface area (Å²) in [5.41, 5.74) is 13.8. The molecule has 0 radical (unpaired) electrons. The minimum absolute atomic E-state index is 0.0204. The molecule has 1 fully saturated rings. The molecule has 0 unspecified atom stereocenters. The van der Waals surface area contributed by atoms with E-state index in [1.807, 2.05) is 24.3 Å². The van der Waals surface area contributed by atoms with Crippen molar-refractivity contribution in [3.8, 4) is 0 Å². The highest BCUT2D eigenvalue weighted by atomic mass is 16.2. The SMILES string of the molecule is CC(=O)N[C@H]1CCCCNC(=O)C[C@@H](C(C)=O)NC(=O)[C@H](Cc2c[nH]c3ccccc23)NC(=O)[C@H](CCCN=C(N)N)NC(=O)[C@@H](Cc2ccccc2)NC(=O)[C@H](CC2=CCC=N2)NC1=O. The number of aromatic nitrogens is 1. The Bertz CT molecular complexity index is 2320. The Labute approximate surface area is 382 Å². The molecule has 3 aromatic rings. The van der Waals surface area contributed by atoms with Gasteiger partial charge in [0.15, 0.2) is 11.7 Å². The van der Waals surface area contributed by atoms with E-state index in [1.54, 1.807) is 48.8 Å². The zero-order chi connectivity index (χ0) is 47.6. The number of para-hydroxylation sites is 1. The zero-order valence-electron chi connectivity index (χ0n) is 37.2. The van der Waals surface area contributed by atoms with E-state index in [1.165, 1.54) is 13.8 Å². The molecule has 1 saturated heterocycles. The normalized spacial score (nSPS) is 23.0. The lowest BCUT2D eigenvalue weighted by molar-refractivity contribution is -0.135. The number of aliphatic imine (C=N–C) groups is 2. The third-order valence-electron chi connectivity index (χ3n) is 11.1. The number of carbonyl (C=O) groups is 8. The Morgan fingerprint density at radius 3 is 2.08 bits per heavy atom. The van der Waals surface area contributed by atoms with Crippen molar-refractivity contribution in [2.24, 2.45) is 21.5 Å². The topological polar surface area (TPSA) is 313 Å². The Hall–Kier alpha value is -7.38. The highest BCUT2D eigenvalue weighted by molar-refractivity contribution is 5.98. The molecule has 1 aromatic heterocycles. The molecule has 0 aliphatic carbocycles. The van der Waals surface area contributed by atoms with E-state index < -0.39 is 89.8 Å². The van der Waals surface area contributed by atoms with Gasteiger partial charge in [-0.3, -0.25) is 48.3 Å². The van der Waals surface area contributed by atoms with E-state index in [9.17, 15) is 38.4 Å². The summed E-state index contributed by atoms with van der Waals surface area (Å²) in [7, 11) is 0. The molecule has 12 N–H and O–H groups in total. The number of rotatable bonds is 12. The Kier molecular flexibility index (Phi) is 18.5. The van der Waals surface area contributed by atoms with Crippen molar-refractivity contribution in [2.75, 3.05) is 13.1 Å². The molecule has 6 atom stereocenters. The summed E-state index contributed by atoms with van der Waals surface area (Å²) in [5.74, 6) is -5.37. The van der Waals surface area contributed by atoms with Gasteiger partial charge in [0.2, 0.25) is 41.4 Å². The van der Waals surface area contributed by atoms with E-state index in [4.69, 9.17) is 11.5 Å². The average Bonchev–Trinajstić information content (AvgIpc) is 3.95. The van der Waals surface area contributed by atoms with Crippen LogP contribution in [0.15, 0.2) is 82.6 Å². The highest BCUT2D eigenvalue weighted by Gasteiger charge is 2.34. The van der Waals surface area contributed by atoms with Gasteiger partial charge in [0.25, 0.3) is 0 Å². The maximum atomic E-state index is 14.5. The number of carbonyl (C=O) groups excluding carboxylic acids is 8. The van der Waals surface area contributed by atoms with Gasteiger partial charge in [0.1, 0.15) is 30.2 Å². The number of ketones is 1. The summed E-state index contributed by atoms with van der Waals surface area (Å²) < 4.78 is 0. The van der Waals surface area contributed by atoms with Gasteiger partial charge in [-0.05, 0) is 56.2 Å². The van der Waals surface area contributed by atoms with Crippen molar-refractivity contribution in [2.45, 2.75) is 114 Å². The first-order valence-corrected chi connectivity index (χ1v) is 22.1. The van der Waals surface area contributed by atoms with Crippen LogP contribution < -0.4 is 48.7 Å². The van der Waals surface area contributed by atoms with Crippen molar-refractivity contribution < 1.29 is 38.4 Å². The molecule has 0 spiro atoms. The predicted molar refractivity (Wildman–Crippen MR) is 247 cm³/mol. The first kappa shape index (κ1) is 49.6. The molecular weight excluding hydrogens is 849 g/mol. The molecule has 0 bridgehead atoms. The van der Waals surface area contributed by atoms with Gasteiger partial charge in [-0.1, -0.05) is 54.6 Å². The monoisotopic (exact) mass is 908 g/mol. The van der Waals surface area contributed by atoms with Crippen LogP contribution in [0, 0.1) is 0 Å². The summed E-state index contributed by atoms with van der Waals surface area (Å²) in [6.45, 7) is 2.74. The quantitative estimate of drug-likeness (QED) is 0.0657. The molecule has 5 rings (SSSR count). The number of amides is 7. The van der Waals surface area contributed by atoms with Crippen LogP contribution in [0.1, 0.15) is 76.3 Å². The van der Waals surface area contributed by atoms with Crippen molar-refractivity contribution in [3.05, 3.63) is 83.7 Å². The van der Waals surface area contributed by atoms with E-state index in [2.05, 4.69) is 52.2 Å². The standard InChI is InChI=1S/C46H60N12O8/c1-27(59)36-25-40(61)50-19-9-8-17-34(53-28(2)60)41(62)58-39(24-31-14-10-20-49-31)45(66)56-37(22-29-12-4-3-5-13-29)43(64)54-35(18-11-21-51-46(47)48)42(63)57-38(44(65)55-36)23-30-26-52-33-16-7-6-15-32(30)33/h3-7,12-16,20,26,34-39,52H,8-11,17-19,21-25H2,1-2H3,(H,50,61)(H,53,60)(H,54,64)(H,55,65)(H,56,66)(H,57,63)(H,58,62)(H4,47,48,51)/t34-,35-,36-,37+,38-,39-/m0/s1. The molecule has 66 heavy (non-hydrogen) atoms. The molecule has 20 nitrogen and oxygen atoms in total. The first-order chi connectivity index (χ1) is 31.7. The minimum atomic E-state index is -1.32. The molecule has 3 heterocycles. The number of aromatic amines is 1. The number of hydrogen-bond acceptors (Lipinski definition) is 10. The maximum absolute atomic E-state index is 14.5. The smallest absolute Gasteiger partial charge is 0.243 e. The van der Waals surface area contributed by atoms with Gasteiger partial charge in [-0.25, -0.2) is 0 Å². The number of nitrogens with one attached hydrogen (secondary N) is 8. The van der Waals surface area contributed by atoms with Gasteiger partial charge in [0, 0.05) is 74.7 Å². The Morgan fingerprint density at radius 1 is 0.758 bits per heavy atom. The number of benzene rings is 2. The van der Waals surface area contributed by atoms with Crippen molar-refractivity contribution in [3.63, 3.8) is 0 Å². The fourth-order valence-corrected chi connectivity index (χ4v) is 7.66. The number of allylic oxidation sites excluding steroid dienone is 1. The van der Waals surface area contributed by atoms with Crippen LogP contribution in [0.4, 0.5) is 0 Å². The van der Waals surface area contributed by atoms with Crippen LogP contribution in [-0.2, 0) is 51.2 Å². The molecule has 352 valence electrons. The number of fused-ring (bicyclic) bond motifs is 1. The highest BCUT2D eigenvalue weighted by Crippen LogP contribution is 2.20. The lowest BCUT2D eigenvalue weighted by Crippen LogP contribution is -2.60. The summed E-state index contributed by atoms with van der Waals surface area (Å²) in [5, 5.41) is 20.0. The Morgan fingerprint density at radius 2 is 1.39 bits per heavy atom. The van der Waals surface area contributed by atoms with Crippen molar-refractivity contribution in [1.82, 2.24) is 42.2 Å². The van der Waals surface area contributed by atoms with Gasteiger partial charge in [0.05, 0.1) is 12.5 Å². The third kappa shape index (κ3) is 15.4. The summed E-state index contributed by atoms with van der Waals surface area (Å²) in [6.07, 6.45) is 6.23. The van der Waals surface area contributed by atoms with E-state index >= 15 is 0 Å². The summed E-state index contributed by atoms with van der Waals surface area (Å²) >= 11 is 0. The van der Waals surface area contributed by atoms with Gasteiger partial charge >= 0.3 is 0 Å². The van der Waals surface area contributed by atoms with Crippen molar-refractivity contribution in [1.29, 1.82) is 0 Å². The summed E-state index contributed by atoms with van der Waals surface area (Å²) in [4.78, 5) is 121. The molecular formula is C46H60N12O8. The lowest BCUT2D eigenvalue weighted by atomic mass is 10.0. The first-order valence-electron chi connectivity index (χ1n) is 22.1. The Balaban J connectivity index is 1.53. The van der Waals surface area contributed by atoms with E-state index in [0.29, 0.717) is 36.1 Å². The number of guanidine groups is 1.